The van der Waals surface area contributed by atoms with Gasteiger partial charge >= 0.3 is 0 Å². The molecule has 0 rings (SSSR count). The zero-order valence-electron chi connectivity index (χ0n) is 13.0. The first-order valence-corrected chi connectivity index (χ1v) is 6.42. The van der Waals surface area contributed by atoms with Gasteiger partial charge in [0.1, 0.15) is 0 Å². The van der Waals surface area contributed by atoms with Gasteiger partial charge in [-0.05, 0) is 47.7 Å². The van der Waals surface area contributed by atoms with Gasteiger partial charge in [-0.25, -0.2) is 0 Å². The molecule has 0 saturated carbocycles. The Hall–Kier alpha value is -0.0800. The second-order valence-corrected chi connectivity index (χ2v) is 2.96. The highest BCUT2D eigenvalue weighted by atomic mass is 15.1. The summed E-state index contributed by atoms with van der Waals surface area (Å²) in [4.78, 5) is 4.42. The van der Waals surface area contributed by atoms with E-state index in [9.17, 15) is 0 Å². The highest BCUT2D eigenvalue weighted by molar-refractivity contribution is 4.47. The van der Waals surface area contributed by atoms with Crippen LogP contribution in [0, 0.1) is 0 Å². The summed E-state index contributed by atoms with van der Waals surface area (Å²) in [6.45, 7) is 14.4. The summed E-state index contributed by atoms with van der Waals surface area (Å²) in [6, 6.07) is 0. The third kappa shape index (κ3) is 56.4. The van der Waals surface area contributed by atoms with Crippen LogP contribution in [0.5, 0.6) is 0 Å². The lowest BCUT2D eigenvalue weighted by Crippen LogP contribution is -2.20. The fourth-order valence-electron chi connectivity index (χ4n) is 0.703. The molecule has 0 aromatic rings. The number of hydrogen-bond donors (Lipinski definition) is 0. The Morgan fingerprint density at radius 2 is 0.733 bits per heavy atom. The molecule has 0 unspecified atom stereocenters. The second-order valence-electron chi connectivity index (χ2n) is 2.96. The Balaban J connectivity index is -0.0000000860. The molecule has 15 heavy (non-hydrogen) atoms. The fourth-order valence-corrected chi connectivity index (χ4v) is 0.703. The lowest BCUT2D eigenvalue weighted by atomic mass is 10.4. The van der Waals surface area contributed by atoms with E-state index in [1.807, 2.05) is 41.5 Å². The third-order valence-electron chi connectivity index (χ3n) is 1.21. The van der Waals surface area contributed by atoms with Gasteiger partial charge in [0.15, 0.2) is 0 Å². The average molecular weight is 220 g/mol. The second kappa shape index (κ2) is 29.2. The summed E-state index contributed by atoms with van der Waals surface area (Å²) in [5.74, 6) is 0. The zero-order chi connectivity index (χ0) is 13.3. The van der Waals surface area contributed by atoms with E-state index >= 15 is 0 Å². The van der Waals surface area contributed by atoms with Crippen molar-refractivity contribution in [2.75, 3.05) is 41.3 Å². The van der Waals surface area contributed by atoms with Crippen molar-refractivity contribution >= 4 is 0 Å². The van der Waals surface area contributed by atoms with E-state index in [4.69, 9.17) is 0 Å². The van der Waals surface area contributed by atoms with Crippen LogP contribution in [-0.4, -0.2) is 51.1 Å². The predicted octanol–water partition coefficient (Wildman–Crippen LogP) is 3.58. The van der Waals surface area contributed by atoms with Crippen molar-refractivity contribution in [3.63, 3.8) is 0 Å². The van der Waals surface area contributed by atoms with Crippen LogP contribution in [-0.2, 0) is 0 Å². The molecule has 0 aliphatic rings. The Kier molecular flexibility index (Phi) is 47.2. The van der Waals surface area contributed by atoms with Crippen LogP contribution in [0.2, 0.25) is 0 Å². The molecular formula is C13H36N2. The van der Waals surface area contributed by atoms with Crippen LogP contribution >= 0.6 is 0 Å². The van der Waals surface area contributed by atoms with Crippen molar-refractivity contribution in [1.29, 1.82) is 0 Å². The number of nitrogens with zero attached hydrogens (tertiary/aromatic N) is 2. The van der Waals surface area contributed by atoms with Gasteiger partial charge < -0.3 is 9.80 Å². The zero-order valence-corrected chi connectivity index (χ0v) is 13.0. The number of hydrogen-bond acceptors (Lipinski definition) is 2. The normalized spacial score (nSPS) is 8.00. The van der Waals surface area contributed by atoms with E-state index in [0.29, 0.717) is 0 Å². The van der Waals surface area contributed by atoms with Crippen LogP contribution in [0.15, 0.2) is 0 Å². The molecule has 0 heterocycles. The molecule has 0 aromatic heterocycles. The first-order chi connectivity index (χ1) is 7.13. The molecule has 98 valence electrons. The standard InChI is InChI=1S/C7H18N2.3C2H6/c1-8(2)6-5-7-9(3)4;3*1-2/h5-7H2,1-4H3;3*1-2H3. The highest BCUT2D eigenvalue weighted by Gasteiger charge is 1.90. The smallest absolute Gasteiger partial charge is 0.00126 e. The van der Waals surface area contributed by atoms with Gasteiger partial charge in [-0.3, -0.25) is 0 Å². The van der Waals surface area contributed by atoms with E-state index < -0.39 is 0 Å². The minimum atomic E-state index is 1.19. The molecule has 0 aliphatic heterocycles. The van der Waals surface area contributed by atoms with Crippen molar-refractivity contribution < 1.29 is 0 Å². The van der Waals surface area contributed by atoms with E-state index in [1.165, 1.54) is 19.5 Å². The van der Waals surface area contributed by atoms with Crippen molar-refractivity contribution in [1.82, 2.24) is 9.80 Å². The fraction of sp³-hybridized carbons (Fsp3) is 1.00. The molecule has 0 bridgehead atoms. The summed E-state index contributed by atoms with van der Waals surface area (Å²) in [7, 11) is 8.43. The Morgan fingerprint density at radius 3 is 0.867 bits per heavy atom. The average Bonchev–Trinajstić information content (AvgIpc) is 2.25. The van der Waals surface area contributed by atoms with Gasteiger partial charge in [-0.2, -0.15) is 0 Å². The lowest BCUT2D eigenvalue weighted by molar-refractivity contribution is 0.340. The molecular weight excluding hydrogens is 184 g/mol. The molecule has 0 fully saturated rings. The topological polar surface area (TPSA) is 6.48 Å². The summed E-state index contributed by atoms with van der Waals surface area (Å²) in [6.07, 6.45) is 1.26. The van der Waals surface area contributed by atoms with Gasteiger partial charge in [0.2, 0.25) is 0 Å². The van der Waals surface area contributed by atoms with E-state index in [2.05, 4.69) is 38.0 Å². The maximum absolute atomic E-state index is 2.21. The highest BCUT2D eigenvalue weighted by Crippen LogP contribution is 1.84. The van der Waals surface area contributed by atoms with Gasteiger partial charge in [0.25, 0.3) is 0 Å². The largest absolute Gasteiger partial charge is 0.309 e. The SMILES string of the molecule is CC.CC.CC.CN(C)CCCN(C)C. The Bertz CT molecular complexity index is 53.6. The summed E-state index contributed by atoms with van der Waals surface area (Å²) in [5, 5.41) is 0. The molecule has 2 heteroatoms. The minimum absolute atomic E-state index is 1.19. The molecule has 0 saturated heterocycles. The van der Waals surface area contributed by atoms with E-state index in [1.54, 1.807) is 0 Å². The van der Waals surface area contributed by atoms with Crippen molar-refractivity contribution in [3.8, 4) is 0 Å². The van der Waals surface area contributed by atoms with Crippen LogP contribution < -0.4 is 0 Å². The summed E-state index contributed by atoms with van der Waals surface area (Å²) < 4.78 is 0. The predicted molar refractivity (Wildman–Crippen MR) is 75.8 cm³/mol. The maximum Gasteiger partial charge on any atom is -0.00126 e. The molecule has 0 aliphatic carbocycles. The van der Waals surface area contributed by atoms with Gasteiger partial charge in [-0.15, -0.1) is 0 Å². The summed E-state index contributed by atoms with van der Waals surface area (Å²) >= 11 is 0. The van der Waals surface area contributed by atoms with Crippen LogP contribution in [0.4, 0.5) is 0 Å². The van der Waals surface area contributed by atoms with Gasteiger partial charge in [0, 0.05) is 0 Å². The van der Waals surface area contributed by atoms with E-state index in [-0.39, 0.29) is 0 Å². The number of rotatable bonds is 4. The molecule has 0 amide bonds. The molecule has 0 spiro atoms. The van der Waals surface area contributed by atoms with Gasteiger partial charge in [0.05, 0.1) is 0 Å². The van der Waals surface area contributed by atoms with Gasteiger partial charge in [-0.1, -0.05) is 41.5 Å². The lowest BCUT2D eigenvalue weighted by Gasteiger charge is -2.12. The summed E-state index contributed by atoms with van der Waals surface area (Å²) in [5.41, 5.74) is 0. The maximum atomic E-state index is 2.21. The van der Waals surface area contributed by atoms with Crippen LogP contribution in [0.3, 0.4) is 0 Å². The monoisotopic (exact) mass is 220 g/mol. The Morgan fingerprint density at radius 1 is 0.533 bits per heavy atom. The first-order valence-electron chi connectivity index (χ1n) is 6.42. The molecule has 0 aromatic carbocycles. The van der Waals surface area contributed by atoms with Crippen LogP contribution in [0.1, 0.15) is 48.0 Å². The quantitative estimate of drug-likeness (QED) is 0.714. The third-order valence-corrected chi connectivity index (χ3v) is 1.21. The molecule has 0 atom stereocenters. The minimum Gasteiger partial charge on any atom is -0.309 e. The molecule has 0 N–H and O–H groups in total. The van der Waals surface area contributed by atoms with Crippen molar-refractivity contribution in [2.45, 2.75) is 48.0 Å². The molecule has 2 nitrogen and oxygen atoms in total. The van der Waals surface area contributed by atoms with Crippen molar-refractivity contribution in [2.24, 2.45) is 0 Å². The van der Waals surface area contributed by atoms with E-state index in [0.717, 1.165) is 0 Å². The van der Waals surface area contributed by atoms with Crippen molar-refractivity contribution in [3.05, 3.63) is 0 Å². The Labute approximate surface area is 99.7 Å². The van der Waals surface area contributed by atoms with Crippen LogP contribution in [0.25, 0.3) is 0 Å². The molecule has 0 radical (unpaired) electrons. The first kappa shape index (κ1) is 24.2.